The summed E-state index contributed by atoms with van der Waals surface area (Å²) in [4.78, 5) is 3.80. The highest BCUT2D eigenvalue weighted by molar-refractivity contribution is 5.36. The van der Waals surface area contributed by atoms with Gasteiger partial charge in [-0.15, -0.1) is 0 Å². The average molecular weight is 216 g/mol. The molecule has 7 heteroatoms. The SMILES string of the molecule is NC(c1cnc2ccnn2c1)C(F)(F)F. The van der Waals surface area contributed by atoms with Gasteiger partial charge < -0.3 is 5.73 Å². The predicted molar refractivity (Wildman–Crippen MR) is 46.0 cm³/mol. The van der Waals surface area contributed by atoms with Gasteiger partial charge >= 0.3 is 6.18 Å². The van der Waals surface area contributed by atoms with E-state index in [4.69, 9.17) is 5.73 Å². The summed E-state index contributed by atoms with van der Waals surface area (Å²) in [7, 11) is 0. The average Bonchev–Trinajstić information content (AvgIpc) is 2.61. The lowest BCUT2D eigenvalue weighted by Gasteiger charge is -2.15. The Hall–Kier alpha value is -1.63. The van der Waals surface area contributed by atoms with E-state index in [1.807, 2.05) is 0 Å². The van der Waals surface area contributed by atoms with Gasteiger partial charge in [0.15, 0.2) is 5.65 Å². The monoisotopic (exact) mass is 216 g/mol. The molecule has 0 aromatic carbocycles. The van der Waals surface area contributed by atoms with Crippen molar-refractivity contribution in [2.45, 2.75) is 12.2 Å². The van der Waals surface area contributed by atoms with Crippen LogP contribution in [0.4, 0.5) is 13.2 Å². The number of fused-ring (bicyclic) bond motifs is 1. The molecule has 4 nitrogen and oxygen atoms in total. The summed E-state index contributed by atoms with van der Waals surface area (Å²) < 4.78 is 38.1. The Balaban J connectivity index is 2.44. The van der Waals surface area contributed by atoms with Crippen molar-refractivity contribution in [3.05, 3.63) is 30.2 Å². The van der Waals surface area contributed by atoms with E-state index in [1.165, 1.54) is 16.9 Å². The van der Waals surface area contributed by atoms with Gasteiger partial charge in [-0.3, -0.25) is 0 Å². The molecule has 15 heavy (non-hydrogen) atoms. The van der Waals surface area contributed by atoms with E-state index >= 15 is 0 Å². The van der Waals surface area contributed by atoms with E-state index in [2.05, 4.69) is 10.1 Å². The van der Waals surface area contributed by atoms with Gasteiger partial charge in [-0.05, 0) is 0 Å². The lowest BCUT2D eigenvalue weighted by Crippen LogP contribution is -2.28. The molecule has 80 valence electrons. The maximum Gasteiger partial charge on any atom is 0.407 e. The highest BCUT2D eigenvalue weighted by Gasteiger charge is 2.38. The quantitative estimate of drug-likeness (QED) is 0.781. The van der Waals surface area contributed by atoms with Crippen LogP contribution < -0.4 is 5.73 Å². The number of alkyl halides is 3. The van der Waals surface area contributed by atoms with E-state index in [-0.39, 0.29) is 5.56 Å². The van der Waals surface area contributed by atoms with Crippen LogP contribution in [-0.4, -0.2) is 20.8 Å². The van der Waals surface area contributed by atoms with Crippen LogP contribution >= 0.6 is 0 Å². The lowest BCUT2D eigenvalue weighted by molar-refractivity contribution is -0.149. The molecule has 0 radical (unpaired) electrons. The summed E-state index contributed by atoms with van der Waals surface area (Å²) in [5, 5.41) is 3.78. The fraction of sp³-hybridized carbons (Fsp3) is 0.250. The molecule has 2 rings (SSSR count). The third-order valence-electron chi connectivity index (χ3n) is 1.98. The molecule has 0 saturated carbocycles. The van der Waals surface area contributed by atoms with Crippen LogP contribution in [0.25, 0.3) is 5.65 Å². The number of nitrogens with two attached hydrogens (primary N) is 1. The van der Waals surface area contributed by atoms with Gasteiger partial charge in [0.2, 0.25) is 0 Å². The highest BCUT2D eigenvalue weighted by Crippen LogP contribution is 2.29. The van der Waals surface area contributed by atoms with Crippen molar-refractivity contribution < 1.29 is 13.2 Å². The third kappa shape index (κ3) is 1.78. The molecule has 0 amide bonds. The Labute approximate surface area is 82.5 Å². The highest BCUT2D eigenvalue weighted by atomic mass is 19.4. The van der Waals surface area contributed by atoms with Crippen molar-refractivity contribution in [2.75, 3.05) is 0 Å². The first-order valence-electron chi connectivity index (χ1n) is 4.10. The normalized spacial score (nSPS) is 14.4. The van der Waals surface area contributed by atoms with Gasteiger partial charge in [0.25, 0.3) is 0 Å². The molecule has 2 aromatic rings. The summed E-state index contributed by atoms with van der Waals surface area (Å²) in [6.45, 7) is 0. The van der Waals surface area contributed by atoms with Crippen LogP contribution in [0.3, 0.4) is 0 Å². The molecule has 0 aliphatic rings. The number of halogens is 3. The number of aromatic nitrogens is 3. The lowest BCUT2D eigenvalue weighted by atomic mass is 10.1. The standard InChI is InChI=1S/C8H7F3N4/c9-8(10,11)7(12)5-3-13-6-1-2-14-15(6)4-5/h1-4,7H,12H2. The molecular weight excluding hydrogens is 209 g/mol. The smallest absolute Gasteiger partial charge is 0.316 e. The summed E-state index contributed by atoms with van der Waals surface area (Å²) in [6, 6.07) is -0.443. The number of hydrogen-bond acceptors (Lipinski definition) is 3. The third-order valence-corrected chi connectivity index (χ3v) is 1.98. The van der Waals surface area contributed by atoms with Crippen LogP contribution in [-0.2, 0) is 0 Å². The molecule has 1 atom stereocenters. The van der Waals surface area contributed by atoms with Crippen molar-refractivity contribution in [2.24, 2.45) is 5.73 Å². The molecule has 0 saturated heterocycles. The minimum absolute atomic E-state index is 0.112. The number of hydrogen-bond donors (Lipinski definition) is 1. The first-order valence-corrected chi connectivity index (χ1v) is 4.10. The fourth-order valence-corrected chi connectivity index (χ4v) is 1.17. The van der Waals surface area contributed by atoms with Crippen LogP contribution in [0.15, 0.2) is 24.7 Å². The van der Waals surface area contributed by atoms with E-state index in [1.54, 1.807) is 6.07 Å². The first-order chi connectivity index (χ1) is 6.98. The summed E-state index contributed by atoms with van der Waals surface area (Å²) >= 11 is 0. The van der Waals surface area contributed by atoms with Crippen molar-refractivity contribution in [1.82, 2.24) is 14.6 Å². The van der Waals surface area contributed by atoms with Crippen molar-refractivity contribution in [3.8, 4) is 0 Å². The molecule has 2 aromatic heterocycles. The van der Waals surface area contributed by atoms with E-state index in [0.29, 0.717) is 5.65 Å². The van der Waals surface area contributed by atoms with E-state index in [9.17, 15) is 13.2 Å². The largest absolute Gasteiger partial charge is 0.407 e. The van der Waals surface area contributed by atoms with Crippen LogP contribution in [0, 0.1) is 0 Å². The molecule has 2 heterocycles. The molecule has 0 fully saturated rings. The zero-order chi connectivity index (χ0) is 11.1. The van der Waals surface area contributed by atoms with Gasteiger partial charge in [0.05, 0.1) is 6.20 Å². The maximum absolute atomic E-state index is 12.3. The van der Waals surface area contributed by atoms with Gasteiger partial charge in [-0.2, -0.15) is 18.3 Å². The summed E-state index contributed by atoms with van der Waals surface area (Å²) in [6.07, 6.45) is -0.691. The zero-order valence-electron chi connectivity index (χ0n) is 7.44. The van der Waals surface area contributed by atoms with E-state index in [0.717, 1.165) is 6.20 Å². The predicted octanol–water partition coefficient (Wildman–Crippen LogP) is 1.29. The Morgan fingerprint density at radius 1 is 1.40 bits per heavy atom. The van der Waals surface area contributed by atoms with Gasteiger partial charge in [-0.1, -0.05) is 0 Å². The molecule has 0 aliphatic heterocycles. The van der Waals surface area contributed by atoms with E-state index < -0.39 is 12.2 Å². The second kappa shape index (κ2) is 3.20. The van der Waals surface area contributed by atoms with Crippen LogP contribution in [0.1, 0.15) is 11.6 Å². The van der Waals surface area contributed by atoms with Crippen molar-refractivity contribution >= 4 is 5.65 Å². The second-order valence-corrected chi connectivity index (χ2v) is 3.04. The van der Waals surface area contributed by atoms with Gasteiger partial charge in [0.1, 0.15) is 6.04 Å². The molecule has 1 unspecified atom stereocenters. The van der Waals surface area contributed by atoms with Crippen LogP contribution in [0.2, 0.25) is 0 Å². The minimum atomic E-state index is -4.47. The topological polar surface area (TPSA) is 56.2 Å². The fourth-order valence-electron chi connectivity index (χ4n) is 1.17. The number of nitrogens with zero attached hydrogens (tertiary/aromatic N) is 3. The molecule has 0 bridgehead atoms. The van der Waals surface area contributed by atoms with Gasteiger partial charge in [-0.25, -0.2) is 9.50 Å². The van der Waals surface area contributed by atoms with Gasteiger partial charge in [0, 0.05) is 24.0 Å². The summed E-state index contributed by atoms with van der Waals surface area (Å²) in [5.74, 6) is 0. The van der Waals surface area contributed by atoms with Crippen LogP contribution in [0.5, 0.6) is 0 Å². The maximum atomic E-state index is 12.3. The molecule has 2 N–H and O–H groups in total. The number of rotatable bonds is 1. The Morgan fingerprint density at radius 3 is 2.80 bits per heavy atom. The molecular formula is C8H7F3N4. The van der Waals surface area contributed by atoms with Crippen molar-refractivity contribution in [3.63, 3.8) is 0 Å². The Kier molecular flexibility index (Phi) is 2.11. The first kappa shape index (κ1) is 9.91. The molecule has 0 aliphatic carbocycles. The molecule has 0 spiro atoms. The minimum Gasteiger partial charge on any atom is -0.316 e. The Bertz CT molecular complexity index is 476. The second-order valence-electron chi connectivity index (χ2n) is 3.04. The Morgan fingerprint density at radius 2 is 2.13 bits per heavy atom. The summed E-state index contributed by atoms with van der Waals surface area (Å²) in [5.41, 5.74) is 5.39. The van der Waals surface area contributed by atoms with Crippen molar-refractivity contribution in [1.29, 1.82) is 0 Å². The zero-order valence-corrected chi connectivity index (χ0v) is 7.44.